The lowest BCUT2D eigenvalue weighted by molar-refractivity contribution is -0.115. The number of carbonyl (C=O) groups excluding carboxylic acids is 1. The normalized spacial score (nSPS) is 9.89. The van der Waals surface area contributed by atoms with Gasteiger partial charge in [0, 0.05) is 17.7 Å². The second kappa shape index (κ2) is 5.78. The van der Waals surface area contributed by atoms with Crippen LogP contribution in [0.1, 0.15) is 19.2 Å². The fourth-order valence-corrected chi connectivity index (χ4v) is 1.52. The standard InChI is InChI=1S/C13H12N4O2/c1-2-12-16-17-13(19-12)9-4-3-5-10(8-9)15-11(18)6-7-14/h3-5,8H,2,6H2,1H3,(H,15,18). The van der Waals surface area contributed by atoms with Crippen molar-refractivity contribution in [1.29, 1.82) is 5.26 Å². The van der Waals surface area contributed by atoms with Crippen LogP contribution in [-0.4, -0.2) is 16.1 Å². The van der Waals surface area contributed by atoms with Gasteiger partial charge in [0.2, 0.25) is 17.7 Å². The molecule has 0 saturated carbocycles. The number of hydrogen-bond acceptors (Lipinski definition) is 5. The number of nitrogens with one attached hydrogen (secondary N) is 1. The topological polar surface area (TPSA) is 91.8 Å². The highest BCUT2D eigenvalue weighted by atomic mass is 16.4. The molecule has 1 amide bonds. The monoisotopic (exact) mass is 256 g/mol. The fourth-order valence-electron chi connectivity index (χ4n) is 1.52. The zero-order valence-electron chi connectivity index (χ0n) is 10.4. The van der Waals surface area contributed by atoms with Gasteiger partial charge in [0.15, 0.2) is 0 Å². The Hall–Kier alpha value is -2.68. The van der Waals surface area contributed by atoms with E-state index in [2.05, 4.69) is 15.5 Å². The highest BCUT2D eigenvalue weighted by Gasteiger charge is 2.08. The van der Waals surface area contributed by atoms with Gasteiger partial charge in [-0.3, -0.25) is 4.79 Å². The number of anilines is 1. The zero-order valence-corrected chi connectivity index (χ0v) is 10.4. The van der Waals surface area contributed by atoms with Crippen LogP contribution in [-0.2, 0) is 11.2 Å². The van der Waals surface area contributed by atoms with E-state index in [0.717, 1.165) is 5.56 Å². The summed E-state index contributed by atoms with van der Waals surface area (Å²) in [4.78, 5) is 11.3. The molecule has 1 aromatic heterocycles. The Morgan fingerprint density at radius 3 is 3.00 bits per heavy atom. The summed E-state index contributed by atoms with van der Waals surface area (Å²) in [5, 5.41) is 18.9. The van der Waals surface area contributed by atoms with Gasteiger partial charge in [0.1, 0.15) is 6.42 Å². The first-order valence-electron chi connectivity index (χ1n) is 5.82. The smallest absolute Gasteiger partial charge is 0.247 e. The summed E-state index contributed by atoms with van der Waals surface area (Å²) in [6.07, 6.45) is 0.496. The van der Waals surface area contributed by atoms with E-state index in [1.165, 1.54) is 0 Å². The molecule has 1 heterocycles. The Labute approximate surface area is 110 Å². The molecule has 1 N–H and O–H groups in total. The number of aromatic nitrogens is 2. The second-order valence-electron chi connectivity index (χ2n) is 3.82. The average Bonchev–Trinajstić information content (AvgIpc) is 2.88. The van der Waals surface area contributed by atoms with Crippen LogP contribution in [0.4, 0.5) is 5.69 Å². The van der Waals surface area contributed by atoms with Crippen molar-refractivity contribution in [2.75, 3.05) is 5.32 Å². The zero-order chi connectivity index (χ0) is 13.7. The molecule has 0 saturated heterocycles. The maximum atomic E-state index is 11.3. The van der Waals surface area contributed by atoms with Crippen LogP contribution >= 0.6 is 0 Å². The van der Waals surface area contributed by atoms with Crippen molar-refractivity contribution in [2.45, 2.75) is 19.8 Å². The predicted molar refractivity (Wildman–Crippen MR) is 68.0 cm³/mol. The molecule has 0 atom stereocenters. The summed E-state index contributed by atoms with van der Waals surface area (Å²) in [5.74, 6) is 0.626. The Bertz CT molecular complexity index is 628. The lowest BCUT2D eigenvalue weighted by atomic mass is 10.2. The SMILES string of the molecule is CCc1nnc(-c2cccc(NC(=O)CC#N)c2)o1. The number of hydrogen-bond donors (Lipinski definition) is 1. The van der Waals surface area contributed by atoms with Crippen molar-refractivity contribution >= 4 is 11.6 Å². The van der Waals surface area contributed by atoms with Gasteiger partial charge >= 0.3 is 0 Å². The Balaban J connectivity index is 2.19. The lowest BCUT2D eigenvalue weighted by Crippen LogP contribution is -2.09. The molecular weight excluding hydrogens is 244 g/mol. The molecule has 0 aliphatic heterocycles. The third kappa shape index (κ3) is 3.16. The highest BCUT2D eigenvalue weighted by Crippen LogP contribution is 2.21. The van der Waals surface area contributed by atoms with Crippen LogP contribution in [0.5, 0.6) is 0 Å². The van der Waals surface area contributed by atoms with E-state index in [1.807, 2.05) is 13.0 Å². The summed E-state index contributed by atoms with van der Waals surface area (Å²) in [6, 6.07) is 8.83. The summed E-state index contributed by atoms with van der Waals surface area (Å²) in [5.41, 5.74) is 1.32. The maximum Gasteiger partial charge on any atom is 0.247 e. The minimum Gasteiger partial charge on any atom is -0.421 e. The van der Waals surface area contributed by atoms with E-state index in [9.17, 15) is 4.79 Å². The van der Waals surface area contributed by atoms with Crippen molar-refractivity contribution in [3.8, 4) is 17.5 Å². The number of amides is 1. The minimum absolute atomic E-state index is 0.176. The van der Waals surface area contributed by atoms with Gasteiger partial charge in [-0.1, -0.05) is 13.0 Å². The minimum atomic E-state index is -0.348. The first kappa shape index (κ1) is 12.8. The Morgan fingerprint density at radius 1 is 1.47 bits per heavy atom. The molecule has 19 heavy (non-hydrogen) atoms. The molecule has 0 unspecified atom stereocenters. The first-order chi connectivity index (χ1) is 9.22. The number of nitriles is 1. The molecule has 6 heteroatoms. The molecule has 0 radical (unpaired) electrons. The van der Waals surface area contributed by atoms with Crippen LogP contribution in [0.25, 0.3) is 11.5 Å². The van der Waals surface area contributed by atoms with Gasteiger partial charge in [0.05, 0.1) is 6.07 Å². The van der Waals surface area contributed by atoms with E-state index in [-0.39, 0.29) is 12.3 Å². The van der Waals surface area contributed by atoms with Crippen LogP contribution in [0.15, 0.2) is 28.7 Å². The average molecular weight is 256 g/mol. The summed E-state index contributed by atoms with van der Waals surface area (Å²) >= 11 is 0. The molecular formula is C13H12N4O2. The van der Waals surface area contributed by atoms with E-state index < -0.39 is 0 Å². The summed E-state index contributed by atoms with van der Waals surface area (Å²) in [6.45, 7) is 1.93. The molecule has 1 aromatic carbocycles. The number of nitrogens with zero attached hydrogens (tertiary/aromatic N) is 3. The molecule has 0 bridgehead atoms. The Kier molecular flexibility index (Phi) is 3.88. The number of benzene rings is 1. The Morgan fingerprint density at radius 2 is 2.32 bits per heavy atom. The summed E-state index contributed by atoms with van der Waals surface area (Å²) in [7, 11) is 0. The van der Waals surface area contributed by atoms with E-state index in [4.69, 9.17) is 9.68 Å². The van der Waals surface area contributed by atoms with Crippen LogP contribution in [0.2, 0.25) is 0 Å². The summed E-state index contributed by atoms with van der Waals surface area (Å²) < 4.78 is 5.44. The van der Waals surface area contributed by atoms with Gasteiger partial charge in [0.25, 0.3) is 0 Å². The van der Waals surface area contributed by atoms with Crippen molar-refractivity contribution in [2.24, 2.45) is 0 Å². The van der Waals surface area contributed by atoms with Gasteiger partial charge < -0.3 is 9.73 Å². The van der Waals surface area contributed by atoms with E-state index >= 15 is 0 Å². The van der Waals surface area contributed by atoms with Crippen molar-refractivity contribution < 1.29 is 9.21 Å². The molecule has 6 nitrogen and oxygen atoms in total. The van der Waals surface area contributed by atoms with Crippen molar-refractivity contribution in [3.05, 3.63) is 30.2 Å². The molecule has 0 fully saturated rings. The van der Waals surface area contributed by atoms with Crippen LogP contribution in [0, 0.1) is 11.3 Å². The molecule has 2 aromatic rings. The van der Waals surface area contributed by atoms with Crippen molar-refractivity contribution in [1.82, 2.24) is 10.2 Å². The number of carbonyl (C=O) groups is 1. The van der Waals surface area contributed by atoms with E-state index in [1.54, 1.807) is 24.3 Å². The number of rotatable bonds is 4. The highest BCUT2D eigenvalue weighted by molar-refractivity contribution is 5.92. The molecule has 0 aliphatic carbocycles. The van der Waals surface area contributed by atoms with Crippen molar-refractivity contribution in [3.63, 3.8) is 0 Å². The third-order valence-corrected chi connectivity index (χ3v) is 2.40. The van der Waals surface area contributed by atoms with Gasteiger partial charge in [-0.05, 0) is 18.2 Å². The maximum absolute atomic E-state index is 11.3. The van der Waals surface area contributed by atoms with E-state index in [0.29, 0.717) is 23.9 Å². The van der Waals surface area contributed by atoms with Gasteiger partial charge in [-0.15, -0.1) is 10.2 Å². The van der Waals surface area contributed by atoms with Gasteiger partial charge in [-0.2, -0.15) is 5.26 Å². The second-order valence-corrected chi connectivity index (χ2v) is 3.82. The molecule has 0 aliphatic rings. The fraction of sp³-hybridized carbons (Fsp3) is 0.231. The first-order valence-corrected chi connectivity index (χ1v) is 5.82. The largest absolute Gasteiger partial charge is 0.421 e. The van der Waals surface area contributed by atoms with Crippen LogP contribution in [0.3, 0.4) is 0 Å². The lowest BCUT2D eigenvalue weighted by Gasteiger charge is -2.03. The molecule has 2 rings (SSSR count). The number of aryl methyl sites for hydroxylation is 1. The third-order valence-electron chi connectivity index (χ3n) is 2.40. The van der Waals surface area contributed by atoms with Crippen LogP contribution < -0.4 is 5.32 Å². The molecule has 0 spiro atoms. The molecule has 96 valence electrons. The predicted octanol–water partition coefficient (Wildman–Crippen LogP) is 2.15. The quantitative estimate of drug-likeness (QED) is 0.904. The van der Waals surface area contributed by atoms with Gasteiger partial charge in [-0.25, -0.2) is 0 Å².